The number of amides is 1. The topological polar surface area (TPSA) is 90.0 Å². The number of carbonyl (C=O) groups excluding carboxylic acids is 1. The summed E-state index contributed by atoms with van der Waals surface area (Å²) in [6.07, 6.45) is -13.6. The zero-order chi connectivity index (χ0) is 32.7. The predicted octanol–water partition coefficient (Wildman–Crippen LogP) is 6.21. The molecule has 242 valence electrons. The molecule has 0 bridgehead atoms. The van der Waals surface area contributed by atoms with Gasteiger partial charge in [0.1, 0.15) is 10.6 Å². The van der Waals surface area contributed by atoms with Gasteiger partial charge in [0.15, 0.2) is 9.84 Å². The van der Waals surface area contributed by atoms with Gasteiger partial charge in [0.2, 0.25) is 5.91 Å². The van der Waals surface area contributed by atoms with Crippen molar-refractivity contribution in [3.63, 3.8) is 0 Å². The van der Waals surface area contributed by atoms with Crippen LogP contribution >= 0.6 is 7.60 Å². The number of hydrogen-bond donors (Lipinski definition) is 0. The van der Waals surface area contributed by atoms with E-state index in [9.17, 15) is 52.9 Å². The van der Waals surface area contributed by atoms with E-state index >= 15 is 0 Å². The average Bonchev–Trinajstić information content (AvgIpc) is 3.34. The Hall–Kier alpha value is -2.55. The summed E-state index contributed by atoms with van der Waals surface area (Å²) in [7, 11) is -8.06. The van der Waals surface area contributed by atoms with Gasteiger partial charge in [0.05, 0.1) is 29.6 Å². The van der Waals surface area contributed by atoms with E-state index in [4.69, 9.17) is 9.05 Å². The van der Waals surface area contributed by atoms with Gasteiger partial charge < -0.3 is 13.9 Å². The summed E-state index contributed by atoms with van der Waals surface area (Å²) < 4.78 is 159. The molecule has 2 aliphatic heterocycles. The number of hydrogen-bond acceptors (Lipinski definition) is 6. The van der Waals surface area contributed by atoms with Gasteiger partial charge in [-0.25, -0.2) is 17.2 Å². The molecule has 44 heavy (non-hydrogen) atoms. The van der Waals surface area contributed by atoms with E-state index < -0.39 is 73.8 Å². The minimum Gasteiger partial charge on any atom is -0.337 e. The molecule has 1 aliphatic carbocycles. The Morgan fingerprint density at radius 1 is 0.977 bits per heavy atom. The summed E-state index contributed by atoms with van der Waals surface area (Å²) >= 11 is 0. The molecule has 0 saturated carbocycles. The molecule has 0 N–H and O–H groups in total. The normalized spacial score (nSPS) is 29.7. The Morgan fingerprint density at radius 3 is 2.09 bits per heavy atom. The number of rotatable bonds is 4. The summed E-state index contributed by atoms with van der Waals surface area (Å²) in [6.45, 7) is 1.81. The minimum absolute atomic E-state index is 0.191. The lowest BCUT2D eigenvalue weighted by molar-refractivity contribution is -0.348. The number of sulfone groups is 1. The molecule has 0 unspecified atom stereocenters. The van der Waals surface area contributed by atoms with Gasteiger partial charge in [-0.1, -0.05) is 18.2 Å². The molecule has 2 aromatic carbocycles. The van der Waals surface area contributed by atoms with Crippen molar-refractivity contribution in [3.05, 3.63) is 65.0 Å². The van der Waals surface area contributed by atoms with Crippen molar-refractivity contribution in [1.82, 2.24) is 4.90 Å². The van der Waals surface area contributed by atoms with Gasteiger partial charge in [0, 0.05) is 18.8 Å². The Morgan fingerprint density at radius 2 is 1.55 bits per heavy atom. The molecule has 1 amide bonds. The van der Waals surface area contributed by atoms with Crippen molar-refractivity contribution in [2.24, 2.45) is 5.41 Å². The van der Waals surface area contributed by atoms with Crippen LogP contribution in [0.4, 0.5) is 35.1 Å². The van der Waals surface area contributed by atoms with E-state index in [1.807, 2.05) is 0 Å². The fourth-order valence-electron chi connectivity index (χ4n) is 6.37. The van der Waals surface area contributed by atoms with Crippen molar-refractivity contribution < 1.29 is 61.9 Å². The molecule has 2 aromatic rings. The van der Waals surface area contributed by atoms with E-state index in [-0.39, 0.29) is 56.2 Å². The molecule has 2 heterocycles. The largest absolute Gasteiger partial charge is 0.435 e. The molecular weight excluding hydrogens is 649 g/mol. The van der Waals surface area contributed by atoms with E-state index in [0.717, 1.165) is 30.3 Å². The van der Waals surface area contributed by atoms with Gasteiger partial charge in [-0.3, -0.25) is 9.36 Å². The standard InChI is InChI=1S/C27H26F8NO6PS/c1-23(14-41-43(2,38)42-15-23)22(37)36-12-11-24(44(39,40)19-7-5-18(28)6-8-19)20-9-4-17(13-16(20)3-10-21(24)36)25(29,26(30,31)32)27(33,34)35/h4-9,13,21H,3,10-12,14-15H2,1-2H3/t21-,23?,24-,43?/m0/s1. The number of carbonyl (C=O) groups is 1. The van der Waals surface area contributed by atoms with Crippen LogP contribution in [0, 0.1) is 11.2 Å². The van der Waals surface area contributed by atoms with E-state index in [1.165, 1.54) is 18.5 Å². The Kier molecular flexibility index (Phi) is 7.63. The quantitative estimate of drug-likeness (QED) is 0.218. The van der Waals surface area contributed by atoms with E-state index in [2.05, 4.69) is 0 Å². The molecule has 2 fully saturated rings. The fraction of sp³-hybridized carbons (Fsp3) is 0.519. The third-order valence-corrected chi connectivity index (χ3v) is 12.4. The van der Waals surface area contributed by atoms with Crippen LogP contribution in [0.25, 0.3) is 0 Å². The lowest BCUT2D eigenvalue weighted by Gasteiger charge is -2.45. The van der Waals surface area contributed by atoms with Crippen LogP contribution in [0.2, 0.25) is 0 Å². The molecule has 2 saturated heterocycles. The number of alkyl halides is 7. The van der Waals surface area contributed by atoms with Gasteiger partial charge >= 0.3 is 25.6 Å². The number of halogens is 8. The Balaban J connectivity index is 1.67. The van der Waals surface area contributed by atoms with Crippen molar-refractivity contribution in [1.29, 1.82) is 0 Å². The first-order chi connectivity index (χ1) is 20.1. The van der Waals surface area contributed by atoms with Gasteiger partial charge in [-0.2, -0.15) is 26.3 Å². The Labute approximate surface area is 247 Å². The summed E-state index contributed by atoms with van der Waals surface area (Å²) in [4.78, 5) is 14.7. The third kappa shape index (κ3) is 4.78. The second-order valence-corrected chi connectivity index (χ2v) is 15.8. The molecule has 17 heteroatoms. The van der Waals surface area contributed by atoms with Crippen LogP contribution in [-0.2, 0) is 45.1 Å². The zero-order valence-electron chi connectivity index (χ0n) is 23.1. The van der Waals surface area contributed by atoms with Gasteiger partial charge in [0.25, 0.3) is 0 Å². The number of aryl methyl sites for hydroxylation is 1. The van der Waals surface area contributed by atoms with Crippen LogP contribution in [0.15, 0.2) is 47.4 Å². The SMILES string of the molecule is CC1(C(=O)N2CC[C@]3(S(=O)(=O)c4ccc(F)cc4)c4ccc(C(F)(C(F)(F)F)C(F)(F)F)cc4CC[C@H]23)COP(C)(=O)OC1. The number of benzene rings is 2. The Bertz CT molecular complexity index is 1620. The molecule has 7 nitrogen and oxygen atoms in total. The molecule has 3 aliphatic rings. The summed E-state index contributed by atoms with van der Waals surface area (Å²) in [5, 5.41) is 0. The highest BCUT2D eigenvalue weighted by Gasteiger charge is 2.74. The van der Waals surface area contributed by atoms with E-state index in [0.29, 0.717) is 6.07 Å². The first-order valence-corrected chi connectivity index (χ1v) is 16.7. The highest BCUT2D eigenvalue weighted by atomic mass is 32.2. The number of nitrogens with zero attached hydrogens (tertiary/aromatic N) is 1. The lowest BCUT2D eigenvalue weighted by Crippen LogP contribution is -2.56. The second kappa shape index (κ2) is 10.2. The summed E-state index contributed by atoms with van der Waals surface area (Å²) in [5.41, 5.74) is -9.36. The summed E-state index contributed by atoms with van der Waals surface area (Å²) in [5.74, 6) is -1.40. The molecule has 0 spiro atoms. The van der Waals surface area contributed by atoms with Crippen LogP contribution in [0.3, 0.4) is 0 Å². The number of likely N-dealkylation sites (tertiary alicyclic amines) is 1. The predicted molar refractivity (Wildman–Crippen MR) is 139 cm³/mol. The third-order valence-electron chi connectivity index (χ3n) is 8.68. The first-order valence-electron chi connectivity index (χ1n) is 13.2. The van der Waals surface area contributed by atoms with Gasteiger partial charge in [-0.05, 0) is 61.6 Å². The molecule has 0 radical (unpaired) electrons. The maximum Gasteiger partial charge on any atom is 0.435 e. The van der Waals surface area contributed by atoms with E-state index in [1.54, 1.807) is 0 Å². The first kappa shape index (κ1) is 32.8. The van der Waals surface area contributed by atoms with Crippen LogP contribution in [-0.4, -0.2) is 64.0 Å². The zero-order valence-corrected chi connectivity index (χ0v) is 24.8. The maximum absolute atomic E-state index is 15.0. The van der Waals surface area contributed by atoms with Crippen LogP contribution < -0.4 is 0 Å². The highest BCUT2D eigenvalue weighted by Crippen LogP contribution is 2.58. The second-order valence-electron chi connectivity index (χ2n) is 11.6. The molecule has 0 aromatic heterocycles. The molecular formula is C27H26F8NO6PS. The lowest BCUT2D eigenvalue weighted by atomic mass is 9.76. The summed E-state index contributed by atoms with van der Waals surface area (Å²) in [6, 6.07) is 3.86. The van der Waals surface area contributed by atoms with Gasteiger partial charge in [-0.15, -0.1) is 0 Å². The minimum atomic E-state index is -6.38. The van der Waals surface area contributed by atoms with Crippen molar-refractivity contribution in [2.75, 3.05) is 26.4 Å². The van der Waals surface area contributed by atoms with Crippen molar-refractivity contribution in [3.8, 4) is 0 Å². The average molecular weight is 676 g/mol. The molecule has 5 rings (SSSR count). The van der Waals surface area contributed by atoms with Crippen molar-refractivity contribution >= 4 is 23.3 Å². The van der Waals surface area contributed by atoms with Crippen molar-refractivity contribution in [2.45, 2.75) is 59.9 Å². The maximum atomic E-state index is 15.0. The van der Waals surface area contributed by atoms with Crippen LogP contribution in [0.5, 0.6) is 0 Å². The highest BCUT2D eigenvalue weighted by molar-refractivity contribution is 7.92. The fourth-order valence-corrected chi connectivity index (χ4v) is 9.85. The van der Waals surface area contributed by atoms with Crippen LogP contribution in [0.1, 0.15) is 36.5 Å². The smallest absolute Gasteiger partial charge is 0.337 e. The number of fused-ring (bicyclic) bond motifs is 3. The molecule has 2 atom stereocenters. The monoisotopic (exact) mass is 675 g/mol.